The fourth-order valence-electron chi connectivity index (χ4n) is 3.00. The summed E-state index contributed by atoms with van der Waals surface area (Å²) in [5.74, 6) is -4.41. The SMILES string of the molecule is O=C(c1ccc(F)c(F)c1F)N1CCn2c(nc3ccccc32)C1. The summed E-state index contributed by atoms with van der Waals surface area (Å²) in [5.41, 5.74) is 1.32. The van der Waals surface area contributed by atoms with Crippen LogP contribution in [0, 0.1) is 17.5 Å². The normalized spacial score (nSPS) is 14.0. The van der Waals surface area contributed by atoms with E-state index in [1.54, 1.807) is 0 Å². The van der Waals surface area contributed by atoms with Gasteiger partial charge < -0.3 is 9.47 Å². The Morgan fingerprint density at radius 3 is 2.62 bits per heavy atom. The van der Waals surface area contributed by atoms with Crippen LogP contribution in [0.3, 0.4) is 0 Å². The fraction of sp³-hybridized carbons (Fsp3) is 0.176. The molecule has 0 atom stereocenters. The molecule has 1 aliphatic heterocycles. The number of imidazole rings is 1. The van der Waals surface area contributed by atoms with Crippen LogP contribution in [0.15, 0.2) is 36.4 Å². The molecule has 0 saturated heterocycles. The molecule has 4 nitrogen and oxygen atoms in total. The maximum absolute atomic E-state index is 13.8. The molecule has 7 heteroatoms. The first kappa shape index (κ1) is 14.7. The Bertz CT molecular complexity index is 967. The van der Waals surface area contributed by atoms with Gasteiger partial charge in [0.1, 0.15) is 5.82 Å². The second-order valence-corrected chi connectivity index (χ2v) is 5.62. The Morgan fingerprint density at radius 1 is 1.00 bits per heavy atom. The second-order valence-electron chi connectivity index (χ2n) is 5.62. The molecule has 2 aromatic carbocycles. The van der Waals surface area contributed by atoms with Gasteiger partial charge in [-0.3, -0.25) is 4.79 Å². The standard InChI is InChI=1S/C17H12F3N3O/c18-11-6-5-10(15(19)16(11)20)17(24)22-7-8-23-13-4-2-1-3-12(13)21-14(23)9-22/h1-6H,7-9H2. The third kappa shape index (κ3) is 2.16. The molecule has 4 rings (SSSR count). The molecular weight excluding hydrogens is 319 g/mol. The van der Waals surface area contributed by atoms with Gasteiger partial charge in [-0.05, 0) is 24.3 Å². The number of benzene rings is 2. The van der Waals surface area contributed by atoms with Gasteiger partial charge in [0.2, 0.25) is 0 Å². The lowest BCUT2D eigenvalue weighted by Gasteiger charge is -2.28. The van der Waals surface area contributed by atoms with E-state index >= 15 is 0 Å². The molecule has 3 aromatic rings. The highest BCUT2D eigenvalue weighted by molar-refractivity contribution is 5.94. The van der Waals surface area contributed by atoms with Gasteiger partial charge in [0.05, 0.1) is 23.1 Å². The fourth-order valence-corrected chi connectivity index (χ4v) is 3.00. The molecule has 0 N–H and O–H groups in total. The van der Waals surface area contributed by atoms with E-state index in [4.69, 9.17) is 0 Å². The summed E-state index contributed by atoms with van der Waals surface area (Å²) in [6.45, 7) is 1.03. The van der Waals surface area contributed by atoms with Crippen molar-refractivity contribution in [3.8, 4) is 0 Å². The first-order valence-electron chi connectivity index (χ1n) is 7.43. The van der Waals surface area contributed by atoms with Crippen LogP contribution < -0.4 is 0 Å². The van der Waals surface area contributed by atoms with Crippen molar-refractivity contribution in [2.24, 2.45) is 0 Å². The van der Waals surface area contributed by atoms with Gasteiger partial charge in [0.25, 0.3) is 5.91 Å². The molecule has 0 spiro atoms. The third-order valence-corrected chi connectivity index (χ3v) is 4.21. The van der Waals surface area contributed by atoms with Crippen molar-refractivity contribution in [3.63, 3.8) is 0 Å². The predicted octanol–water partition coefficient (Wildman–Crippen LogP) is 3.11. The van der Waals surface area contributed by atoms with Gasteiger partial charge in [0, 0.05) is 13.1 Å². The molecule has 0 aliphatic carbocycles. The summed E-state index contributed by atoms with van der Waals surface area (Å²) in [6.07, 6.45) is 0. The zero-order valence-electron chi connectivity index (χ0n) is 12.5. The van der Waals surface area contributed by atoms with Crippen molar-refractivity contribution in [1.29, 1.82) is 0 Å². The summed E-state index contributed by atoms with van der Waals surface area (Å²) < 4.78 is 42.2. The van der Waals surface area contributed by atoms with E-state index in [9.17, 15) is 18.0 Å². The van der Waals surface area contributed by atoms with Crippen LogP contribution in [0.1, 0.15) is 16.2 Å². The smallest absolute Gasteiger partial charge is 0.257 e. The number of para-hydroxylation sites is 2. The van der Waals surface area contributed by atoms with Crippen molar-refractivity contribution < 1.29 is 18.0 Å². The number of halogens is 3. The zero-order valence-corrected chi connectivity index (χ0v) is 12.5. The Kier molecular flexibility index (Phi) is 3.30. The average Bonchev–Trinajstić information content (AvgIpc) is 2.97. The van der Waals surface area contributed by atoms with Crippen LogP contribution in [0.2, 0.25) is 0 Å². The molecule has 1 aliphatic rings. The first-order chi connectivity index (χ1) is 11.6. The van der Waals surface area contributed by atoms with Gasteiger partial charge >= 0.3 is 0 Å². The van der Waals surface area contributed by atoms with E-state index in [0.717, 1.165) is 23.2 Å². The van der Waals surface area contributed by atoms with Crippen molar-refractivity contribution in [1.82, 2.24) is 14.5 Å². The van der Waals surface area contributed by atoms with Crippen LogP contribution in [-0.2, 0) is 13.1 Å². The number of carbonyl (C=O) groups excluding carboxylic acids is 1. The van der Waals surface area contributed by atoms with Crippen molar-refractivity contribution in [2.45, 2.75) is 13.1 Å². The maximum atomic E-state index is 13.8. The maximum Gasteiger partial charge on any atom is 0.257 e. The van der Waals surface area contributed by atoms with E-state index in [1.807, 2.05) is 28.8 Å². The van der Waals surface area contributed by atoms with Crippen LogP contribution in [-0.4, -0.2) is 26.9 Å². The number of rotatable bonds is 1. The van der Waals surface area contributed by atoms with Crippen molar-refractivity contribution in [3.05, 3.63) is 65.2 Å². The highest BCUT2D eigenvalue weighted by Crippen LogP contribution is 2.23. The number of aromatic nitrogens is 2. The van der Waals surface area contributed by atoms with Crippen molar-refractivity contribution >= 4 is 16.9 Å². The molecule has 0 unspecified atom stereocenters. The molecule has 0 fully saturated rings. The number of amides is 1. The lowest BCUT2D eigenvalue weighted by atomic mass is 10.1. The van der Waals surface area contributed by atoms with Gasteiger partial charge in [-0.2, -0.15) is 0 Å². The minimum Gasteiger partial charge on any atom is -0.329 e. The Labute approximate surface area is 135 Å². The van der Waals surface area contributed by atoms with E-state index in [0.29, 0.717) is 18.9 Å². The van der Waals surface area contributed by atoms with Crippen LogP contribution in [0.25, 0.3) is 11.0 Å². The predicted molar refractivity (Wildman–Crippen MR) is 80.8 cm³/mol. The molecule has 24 heavy (non-hydrogen) atoms. The number of carbonyl (C=O) groups is 1. The highest BCUT2D eigenvalue weighted by atomic mass is 19.2. The van der Waals surface area contributed by atoms with Crippen LogP contribution in [0.4, 0.5) is 13.2 Å². The van der Waals surface area contributed by atoms with Gasteiger partial charge in [-0.1, -0.05) is 12.1 Å². The summed E-state index contributed by atoms with van der Waals surface area (Å²) in [7, 11) is 0. The lowest BCUT2D eigenvalue weighted by Crippen LogP contribution is -2.38. The zero-order chi connectivity index (χ0) is 16.8. The van der Waals surface area contributed by atoms with Crippen molar-refractivity contribution in [2.75, 3.05) is 6.54 Å². The average molecular weight is 331 g/mol. The first-order valence-corrected chi connectivity index (χ1v) is 7.43. The quantitative estimate of drug-likeness (QED) is 0.643. The molecule has 1 aromatic heterocycles. The molecule has 0 radical (unpaired) electrons. The lowest BCUT2D eigenvalue weighted by molar-refractivity contribution is 0.0702. The van der Waals surface area contributed by atoms with E-state index in [2.05, 4.69) is 4.98 Å². The Morgan fingerprint density at radius 2 is 1.79 bits per heavy atom. The summed E-state index contributed by atoms with van der Waals surface area (Å²) in [5, 5.41) is 0. The second kappa shape index (κ2) is 5.36. The number of nitrogens with zero attached hydrogens (tertiary/aromatic N) is 3. The summed E-state index contributed by atoms with van der Waals surface area (Å²) in [4.78, 5) is 18.3. The summed E-state index contributed by atoms with van der Waals surface area (Å²) in [6, 6.07) is 9.32. The van der Waals surface area contributed by atoms with Gasteiger partial charge in [-0.25, -0.2) is 18.2 Å². The summed E-state index contributed by atoms with van der Waals surface area (Å²) >= 11 is 0. The minimum atomic E-state index is -1.63. The van der Waals surface area contributed by atoms with Gasteiger partial charge in [0.15, 0.2) is 17.5 Å². The van der Waals surface area contributed by atoms with E-state index in [1.165, 1.54) is 4.90 Å². The molecule has 122 valence electrons. The third-order valence-electron chi connectivity index (χ3n) is 4.21. The van der Waals surface area contributed by atoms with E-state index in [-0.39, 0.29) is 6.54 Å². The highest BCUT2D eigenvalue weighted by Gasteiger charge is 2.27. The molecule has 0 saturated carbocycles. The molecule has 2 heterocycles. The topological polar surface area (TPSA) is 38.1 Å². The monoisotopic (exact) mass is 331 g/mol. The number of hydrogen-bond donors (Lipinski definition) is 0. The molecule has 1 amide bonds. The largest absolute Gasteiger partial charge is 0.329 e. The molecule has 0 bridgehead atoms. The minimum absolute atomic E-state index is 0.186. The molecular formula is C17H12F3N3O. The Hall–Kier alpha value is -2.83. The number of fused-ring (bicyclic) bond motifs is 3. The van der Waals surface area contributed by atoms with Crippen LogP contribution in [0.5, 0.6) is 0 Å². The van der Waals surface area contributed by atoms with Gasteiger partial charge in [-0.15, -0.1) is 0 Å². The van der Waals surface area contributed by atoms with Crippen LogP contribution >= 0.6 is 0 Å². The van der Waals surface area contributed by atoms with E-state index < -0.39 is 28.9 Å². The Balaban J connectivity index is 1.67. The number of hydrogen-bond acceptors (Lipinski definition) is 2.